The van der Waals surface area contributed by atoms with Crippen molar-refractivity contribution in [3.63, 3.8) is 0 Å². The van der Waals surface area contributed by atoms with Crippen molar-refractivity contribution in [2.75, 3.05) is 0 Å². The van der Waals surface area contributed by atoms with E-state index in [1.54, 1.807) is 22.9 Å². The zero-order valence-electron chi connectivity index (χ0n) is 26.5. The Bertz CT molecular complexity index is 472. The van der Waals surface area contributed by atoms with Gasteiger partial charge in [0.2, 0.25) is 0 Å². The van der Waals surface area contributed by atoms with Gasteiger partial charge >= 0.3 is 0 Å². The van der Waals surface area contributed by atoms with E-state index in [0.29, 0.717) is 9.70 Å². The van der Waals surface area contributed by atoms with Crippen LogP contribution >= 0.6 is 22.9 Å². The van der Waals surface area contributed by atoms with Gasteiger partial charge in [-0.15, -0.1) is 0 Å². The molecule has 0 aromatic carbocycles. The summed E-state index contributed by atoms with van der Waals surface area (Å²) in [6.07, 6.45) is 45.6. The standard InChI is InChI=1S/C35H70INO2/c1-2-3-4-5-6-7-8-9-10-11-12-13-14-15-16-17-18-19-20-21-22-23-24-25-26-27-28-29-30-31-32-33-34-35(38)37(36)39/h39H,2-34H2,1H3. The van der Waals surface area contributed by atoms with Gasteiger partial charge in [-0.25, -0.2) is 0 Å². The minimum absolute atomic E-state index is 0.179. The molecule has 0 spiro atoms. The highest BCUT2D eigenvalue weighted by molar-refractivity contribution is 14.1. The lowest BCUT2D eigenvalue weighted by molar-refractivity contribution is -0.141. The third-order valence-corrected chi connectivity index (χ3v) is 8.99. The Hall–Kier alpha value is 0.160. The highest BCUT2D eigenvalue weighted by Gasteiger charge is 2.05. The third-order valence-electron chi connectivity index (χ3n) is 8.45. The SMILES string of the molecule is CCCCCCCCCCCCCCCCCCCCCCCCCCCCCCCCCCC(=O)N(O)I. The van der Waals surface area contributed by atoms with Gasteiger partial charge in [0.05, 0.1) is 22.9 Å². The van der Waals surface area contributed by atoms with Gasteiger partial charge in [-0.05, 0) is 6.42 Å². The maximum absolute atomic E-state index is 11.3. The first kappa shape index (κ1) is 39.2. The fourth-order valence-corrected chi connectivity index (χ4v) is 5.99. The first-order valence-electron chi connectivity index (χ1n) is 17.9. The Kier molecular flexibility index (Phi) is 34.5. The molecule has 1 N–H and O–H groups in total. The number of nitrogens with zero attached hydrogens (tertiary/aromatic N) is 1. The summed E-state index contributed by atoms with van der Waals surface area (Å²) < 4.78 is 0.681. The first-order chi connectivity index (χ1) is 19.2. The fourth-order valence-electron chi connectivity index (χ4n) is 5.75. The van der Waals surface area contributed by atoms with Gasteiger partial charge in [-0.3, -0.25) is 10.0 Å². The zero-order chi connectivity index (χ0) is 28.5. The van der Waals surface area contributed by atoms with E-state index >= 15 is 0 Å². The van der Waals surface area contributed by atoms with E-state index in [1.165, 1.54) is 193 Å². The van der Waals surface area contributed by atoms with Crippen molar-refractivity contribution < 1.29 is 10.0 Å². The molecule has 234 valence electrons. The van der Waals surface area contributed by atoms with Gasteiger partial charge in [0.15, 0.2) is 0 Å². The van der Waals surface area contributed by atoms with Crippen molar-refractivity contribution in [2.45, 2.75) is 219 Å². The number of rotatable bonds is 33. The van der Waals surface area contributed by atoms with Crippen LogP contribution < -0.4 is 0 Å². The van der Waals surface area contributed by atoms with Crippen molar-refractivity contribution in [3.8, 4) is 0 Å². The molecule has 39 heavy (non-hydrogen) atoms. The van der Waals surface area contributed by atoms with Crippen LogP contribution in [0.1, 0.15) is 219 Å². The Morgan fingerprint density at radius 1 is 0.410 bits per heavy atom. The van der Waals surface area contributed by atoms with Crippen LogP contribution in [-0.2, 0) is 4.79 Å². The van der Waals surface area contributed by atoms with E-state index in [-0.39, 0.29) is 5.91 Å². The molecule has 0 atom stereocenters. The molecule has 1 amide bonds. The monoisotopic (exact) mass is 663 g/mol. The second kappa shape index (κ2) is 34.4. The molecule has 0 aromatic rings. The van der Waals surface area contributed by atoms with Crippen molar-refractivity contribution in [1.82, 2.24) is 3.28 Å². The number of hydroxylamine groups is 1. The van der Waals surface area contributed by atoms with Gasteiger partial charge in [0.25, 0.3) is 5.91 Å². The lowest BCUT2D eigenvalue weighted by Crippen LogP contribution is -2.15. The van der Waals surface area contributed by atoms with Crippen LogP contribution in [0, 0.1) is 0 Å². The molecule has 0 saturated heterocycles. The number of carbonyl (C=O) groups is 1. The molecule has 0 unspecified atom stereocenters. The quantitative estimate of drug-likeness (QED) is 0.0250. The van der Waals surface area contributed by atoms with Crippen molar-refractivity contribution >= 4 is 28.8 Å². The largest absolute Gasteiger partial charge is 0.276 e. The van der Waals surface area contributed by atoms with E-state index in [1.807, 2.05) is 0 Å². The average Bonchev–Trinajstić information content (AvgIpc) is 2.93. The topological polar surface area (TPSA) is 40.5 Å². The van der Waals surface area contributed by atoms with Crippen LogP contribution in [0.5, 0.6) is 0 Å². The zero-order valence-corrected chi connectivity index (χ0v) is 28.7. The number of amides is 1. The second-order valence-corrected chi connectivity index (χ2v) is 13.3. The summed E-state index contributed by atoms with van der Waals surface area (Å²) in [5, 5.41) is 9.01. The van der Waals surface area contributed by atoms with Gasteiger partial charge < -0.3 is 0 Å². The van der Waals surface area contributed by atoms with Crippen LogP contribution in [0.2, 0.25) is 0 Å². The summed E-state index contributed by atoms with van der Waals surface area (Å²) in [4.78, 5) is 11.3. The molecule has 0 saturated carbocycles. The minimum Gasteiger partial charge on any atom is -0.276 e. The van der Waals surface area contributed by atoms with Crippen LogP contribution in [-0.4, -0.2) is 14.4 Å². The first-order valence-corrected chi connectivity index (χ1v) is 18.8. The van der Waals surface area contributed by atoms with Crippen LogP contribution in [0.4, 0.5) is 0 Å². The molecule has 0 fully saturated rings. The van der Waals surface area contributed by atoms with E-state index in [0.717, 1.165) is 12.8 Å². The molecule has 0 bridgehead atoms. The molecule has 0 rings (SSSR count). The average molecular weight is 664 g/mol. The van der Waals surface area contributed by atoms with Gasteiger partial charge in [-0.1, -0.05) is 206 Å². The van der Waals surface area contributed by atoms with Crippen molar-refractivity contribution in [1.29, 1.82) is 0 Å². The van der Waals surface area contributed by atoms with Gasteiger partial charge in [-0.2, -0.15) is 3.28 Å². The molecule has 0 radical (unpaired) electrons. The number of hydrogen-bond donors (Lipinski definition) is 1. The van der Waals surface area contributed by atoms with E-state index < -0.39 is 0 Å². The molecule has 0 heterocycles. The highest BCUT2D eigenvalue weighted by atomic mass is 127. The van der Waals surface area contributed by atoms with Gasteiger partial charge in [0, 0.05) is 6.42 Å². The number of halogens is 1. The molecule has 3 nitrogen and oxygen atoms in total. The number of unbranched alkanes of at least 4 members (excludes halogenated alkanes) is 31. The summed E-state index contributed by atoms with van der Waals surface area (Å²) in [6.45, 7) is 2.30. The van der Waals surface area contributed by atoms with E-state index in [9.17, 15) is 4.79 Å². The molecule has 0 aliphatic rings. The summed E-state index contributed by atoms with van der Waals surface area (Å²) in [7, 11) is 0. The highest BCUT2D eigenvalue weighted by Crippen LogP contribution is 2.17. The Labute approximate surface area is 259 Å². The van der Waals surface area contributed by atoms with E-state index in [2.05, 4.69) is 6.92 Å². The normalized spacial score (nSPS) is 11.4. The third kappa shape index (κ3) is 34.3. The predicted molar refractivity (Wildman–Crippen MR) is 181 cm³/mol. The Balaban J connectivity index is 3.05. The Morgan fingerprint density at radius 3 is 0.769 bits per heavy atom. The summed E-state index contributed by atoms with van der Waals surface area (Å²) in [6, 6.07) is 0. The molecular formula is C35H70INO2. The molecule has 4 heteroatoms. The molecule has 0 aromatic heterocycles. The predicted octanol–water partition coefficient (Wildman–Crippen LogP) is 13.4. The summed E-state index contributed by atoms with van der Waals surface area (Å²) >= 11 is 1.62. The van der Waals surface area contributed by atoms with Crippen molar-refractivity contribution in [3.05, 3.63) is 0 Å². The smallest absolute Gasteiger partial charge is 0.255 e. The number of hydrogen-bond acceptors (Lipinski definition) is 2. The number of carbonyl (C=O) groups excluding carboxylic acids is 1. The molecule has 0 aliphatic heterocycles. The second-order valence-electron chi connectivity index (χ2n) is 12.4. The van der Waals surface area contributed by atoms with Crippen LogP contribution in [0.3, 0.4) is 0 Å². The molecule has 0 aliphatic carbocycles. The van der Waals surface area contributed by atoms with Crippen molar-refractivity contribution in [2.24, 2.45) is 0 Å². The van der Waals surface area contributed by atoms with E-state index in [4.69, 9.17) is 5.21 Å². The van der Waals surface area contributed by atoms with Gasteiger partial charge in [0.1, 0.15) is 0 Å². The lowest BCUT2D eigenvalue weighted by atomic mass is 10.0. The van der Waals surface area contributed by atoms with Crippen LogP contribution in [0.15, 0.2) is 0 Å². The minimum atomic E-state index is -0.179. The fraction of sp³-hybridized carbons (Fsp3) is 0.971. The maximum Gasteiger partial charge on any atom is 0.255 e. The summed E-state index contributed by atoms with van der Waals surface area (Å²) in [5.41, 5.74) is 0. The Morgan fingerprint density at radius 2 is 0.590 bits per heavy atom. The lowest BCUT2D eigenvalue weighted by Gasteiger charge is -2.05. The molecular weight excluding hydrogens is 593 g/mol. The van der Waals surface area contributed by atoms with Crippen LogP contribution in [0.25, 0.3) is 0 Å². The summed E-state index contributed by atoms with van der Waals surface area (Å²) in [5.74, 6) is -0.179. The maximum atomic E-state index is 11.3.